The molecule has 194 valence electrons. The third-order valence-corrected chi connectivity index (χ3v) is 7.24. The molecule has 0 spiro atoms. The van der Waals surface area contributed by atoms with Crippen LogP contribution in [0.5, 0.6) is 0 Å². The third kappa shape index (κ3) is 5.90. The van der Waals surface area contributed by atoms with E-state index in [1.165, 1.54) is 0 Å². The summed E-state index contributed by atoms with van der Waals surface area (Å²) >= 11 is 0. The van der Waals surface area contributed by atoms with Gasteiger partial charge < -0.3 is 29.8 Å². The number of hydrogen-bond donors (Lipinski definition) is 2. The Morgan fingerprint density at radius 1 is 0.769 bits per heavy atom. The summed E-state index contributed by atoms with van der Waals surface area (Å²) in [6.45, 7) is 7.93. The van der Waals surface area contributed by atoms with Gasteiger partial charge >= 0.3 is 27.3 Å². The number of aromatic nitrogens is 4. The van der Waals surface area contributed by atoms with Gasteiger partial charge in [-0.1, -0.05) is 0 Å². The smallest absolute Gasteiger partial charge is 0.550 e. The van der Waals surface area contributed by atoms with Gasteiger partial charge in [0, 0.05) is 34.0 Å². The minimum absolute atomic E-state index is 0. The Morgan fingerprint density at radius 2 is 1.46 bits per heavy atom. The first kappa shape index (κ1) is 28.5. The first-order valence-electron chi connectivity index (χ1n) is 12.6. The molecule has 0 unspecified atom stereocenters. The van der Waals surface area contributed by atoms with Crippen LogP contribution in [-0.2, 0) is 43.3 Å². The van der Waals surface area contributed by atoms with E-state index in [0.29, 0.717) is 5.69 Å². The second-order valence-electron chi connectivity index (χ2n) is 9.93. The van der Waals surface area contributed by atoms with Crippen LogP contribution in [0.4, 0.5) is 0 Å². The van der Waals surface area contributed by atoms with Gasteiger partial charge in [0.25, 0.3) is 0 Å². The molecule has 9 heteroatoms. The zero-order valence-corrected chi connectivity index (χ0v) is 26.6. The molecule has 3 aromatic heterocycles. The van der Waals surface area contributed by atoms with E-state index < -0.39 is 11.9 Å². The summed E-state index contributed by atoms with van der Waals surface area (Å²) in [5, 5.41) is 22.6. The molecule has 0 fully saturated rings. The number of carbonyl (C=O) groups excluding carboxylic acids is 2. The number of carboxylic acid groups (broad SMARTS) is 2. The number of hydrogen-bond acceptors (Lipinski definition) is 6. The van der Waals surface area contributed by atoms with Gasteiger partial charge in [0.2, 0.25) is 0 Å². The van der Waals surface area contributed by atoms with E-state index in [9.17, 15) is 19.8 Å². The average Bonchev–Trinajstić information content (AvgIpc) is 3.53. The molecule has 0 aromatic carbocycles. The summed E-state index contributed by atoms with van der Waals surface area (Å²) in [5.41, 5.74) is 12.0. The number of aromatic amines is 2. The number of H-pyrrole nitrogens is 2. The van der Waals surface area contributed by atoms with Crippen molar-refractivity contribution in [3.05, 3.63) is 69.8 Å². The van der Waals surface area contributed by atoms with Gasteiger partial charge in [-0.2, -0.15) is 0 Å². The van der Waals surface area contributed by atoms with E-state index in [-0.39, 0.29) is 53.0 Å². The molecule has 8 bridgehead atoms. The molecule has 0 radical (unpaired) electrons. The number of carbonyl (C=O) groups is 2. The molecule has 2 aliphatic heterocycles. The van der Waals surface area contributed by atoms with Gasteiger partial charge in [0.05, 0.1) is 22.8 Å². The first-order chi connectivity index (χ1) is 18.1. The Morgan fingerprint density at radius 3 is 2.18 bits per heavy atom. The summed E-state index contributed by atoms with van der Waals surface area (Å²) in [6, 6.07) is 9.88. The van der Waals surface area contributed by atoms with Crippen LogP contribution in [0, 0.1) is 13.8 Å². The van der Waals surface area contributed by atoms with Crippen molar-refractivity contribution in [3.8, 4) is 0 Å². The molecule has 0 atom stereocenters. The Bertz CT molecular complexity index is 1730. The number of aryl methyl sites for hydroxylation is 3. The predicted octanol–water partition coefficient (Wildman–Crippen LogP) is 3.63. The van der Waals surface area contributed by atoms with Crippen molar-refractivity contribution in [3.63, 3.8) is 0 Å². The normalized spacial score (nSPS) is 12.8. The van der Waals surface area contributed by atoms with Crippen molar-refractivity contribution in [2.24, 2.45) is 0 Å². The molecule has 0 saturated heterocycles. The third-order valence-electron chi connectivity index (χ3n) is 7.24. The van der Waals surface area contributed by atoms with Gasteiger partial charge in [-0.25, -0.2) is 9.97 Å². The topological polar surface area (TPSA) is 138 Å². The Labute approximate surface area is 246 Å². The molecule has 0 saturated carbocycles. The van der Waals surface area contributed by atoms with Crippen LogP contribution in [0.3, 0.4) is 0 Å². The molecule has 5 heterocycles. The van der Waals surface area contributed by atoms with E-state index in [1.807, 2.05) is 58.0 Å². The number of carboxylic acids is 2. The van der Waals surface area contributed by atoms with E-state index in [4.69, 9.17) is 9.97 Å². The molecule has 0 aliphatic carbocycles. The molecule has 8 nitrogen and oxygen atoms in total. The van der Waals surface area contributed by atoms with Crippen molar-refractivity contribution < 1.29 is 47.1 Å². The molecule has 39 heavy (non-hydrogen) atoms. The number of rotatable bonds is 6. The summed E-state index contributed by atoms with van der Waals surface area (Å²) in [4.78, 5) is 39.2. The van der Waals surface area contributed by atoms with Gasteiger partial charge in [0.1, 0.15) is 0 Å². The number of nitrogens with one attached hydrogen (secondary N) is 2. The number of nitrogens with zero attached hydrogens (tertiary/aromatic N) is 2. The molecule has 2 aliphatic rings. The summed E-state index contributed by atoms with van der Waals surface area (Å²) < 4.78 is 0. The maximum Gasteiger partial charge on any atom is 2.00 e. The Hall–Kier alpha value is -3.54. The Balaban J connectivity index is 0.00000353. The molecular weight excluding hydrogens is 593 g/mol. The minimum Gasteiger partial charge on any atom is -0.550 e. The molecule has 2 N–H and O–H groups in total. The van der Waals surface area contributed by atoms with Gasteiger partial charge in [-0.15, -0.1) is 0 Å². The van der Waals surface area contributed by atoms with Crippen LogP contribution in [-0.4, -0.2) is 31.9 Å². The van der Waals surface area contributed by atoms with Crippen LogP contribution >= 0.6 is 0 Å². The van der Waals surface area contributed by atoms with Crippen LogP contribution in [0.1, 0.15) is 72.6 Å². The van der Waals surface area contributed by atoms with Crippen molar-refractivity contribution in [2.75, 3.05) is 0 Å². The van der Waals surface area contributed by atoms with Crippen molar-refractivity contribution in [1.29, 1.82) is 0 Å². The van der Waals surface area contributed by atoms with Crippen LogP contribution in [0.15, 0.2) is 30.3 Å². The van der Waals surface area contributed by atoms with E-state index in [1.54, 1.807) is 0 Å². The fourth-order valence-corrected chi connectivity index (χ4v) is 5.10. The van der Waals surface area contributed by atoms with Crippen LogP contribution in [0.2, 0.25) is 0 Å². The first-order valence-corrected chi connectivity index (χ1v) is 12.6. The minimum atomic E-state index is -1.13. The van der Waals surface area contributed by atoms with Gasteiger partial charge in [0.15, 0.2) is 0 Å². The average molecular weight is 621 g/mol. The Kier molecular flexibility index (Phi) is 8.24. The second-order valence-corrected chi connectivity index (χ2v) is 9.93. The zero-order chi connectivity index (χ0) is 27.1. The van der Waals surface area contributed by atoms with Crippen LogP contribution in [0.25, 0.3) is 44.9 Å². The quantitative estimate of drug-likeness (QED) is 0.404. The number of allylic oxidation sites excluding steroid dienone is 3. The van der Waals surface area contributed by atoms with Crippen molar-refractivity contribution in [2.45, 2.75) is 53.4 Å². The SMILES string of the molecule is CC1=Cc2cc3[nH]c(cc4nc(cc5[nH]c(cc1n2)cc5C)C(C)=C4CCC(=O)[O-])c(CCC(=O)[O-])c3C.[Cd+2]. The zero-order valence-electron chi connectivity index (χ0n) is 22.5. The van der Waals surface area contributed by atoms with Crippen molar-refractivity contribution >= 4 is 56.8 Å². The number of fused-ring (bicyclic) bond motifs is 8. The second kappa shape index (κ2) is 11.3. The van der Waals surface area contributed by atoms with Gasteiger partial charge in [-0.3, -0.25) is 0 Å². The summed E-state index contributed by atoms with van der Waals surface area (Å²) in [5.74, 6) is -2.25. The largest absolute Gasteiger partial charge is 2.00 e. The molecule has 3 aromatic rings. The standard InChI is InChI=1S/C30H30N4O4.Cd/c1-15-9-20-12-25-17(3)21(5-7-29(35)36)27(33-25)14-28-22(6-8-30(37)38)18(4)26(34-28)13-24-16(2)10-19(32-24)11-23(15)31-20;/h9-14,32-33H,5-8H2,1-4H3,(H,35,36)(H,37,38);/q;+2/p-2. The van der Waals surface area contributed by atoms with Crippen molar-refractivity contribution in [1.82, 2.24) is 19.9 Å². The maximum atomic E-state index is 11.3. The van der Waals surface area contributed by atoms with E-state index in [2.05, 4.69) is 16.0 Å². The molecular formula is C30H28CdN4O4. The fourth-order valence-electron chi connectivity index (χ4n) is 5.10. The maximum absolute atomic E-state index is 11.3. The van der Waals surface area contributed by atoms with Crippen LogP contribution < -0.4 is 10.2 Å². The van der Waals surface area contributed by atoms with E-state index in [0.717, 1.165) is 72.6 Å². The summed E-state index contributed by atoms with van der Waals surface area (Å²) in [7, 11) is 0. The number of aliphatic carboxylic acids is 2. The fraction of sp³-hybridized carbons (Fsp3) is 0.267. The predicted molar refractivity (Wildman–Crippen MR) is 144 cm³/mol. The molecule has 5 rings (SSSR count). The molecule has 0 amide bonds. The van der Waals surface area contributed by atoms with Gasteiger partial charge in [-0.05, 0) is 123 Å². The van der Waals surface area contributed by atoms with E-state index >= 15 is 0 Å². The summed E-state index contributed by atoms with van der Waals surface area (Å²) in [6.07, 6.45) is 2.33. The monoisotopic (exact) mass is 622 g/mol.